The van der Waals surface area contributed by atoms with Crippen molar-refractivity contribution in [1.29, 1.82) is 0 Å². The molecular weight excluding hydrogens is 230 g/mol. The summed E-state index contributed by atoms with van der Waals surface area (Å²) in [5.41, 5.74) is 6.34. The minimum atomic E-state index is 0.609. The van der Waals surface area contributed by atoms with Crippen molar-refractivity contribution in [2.24, 2.45) is 5.73 Å². The molecule has 2 heterocycles. The first-order valence-electron chi connectivity index (χ1n) is 6.38. The summed E-state index contributed by atoms with van der Waals surface area (Å²) in [6.07, 6.45) is 6.93. The van der Waals surface area contributed by atoms with Crippen LogP contribution in [0.1, 0.15) is 37.3 Å². The van der Waals surface area contributed by atoms with Crippen LogP contribution in [0.3, 0.4) is 0 Å². The maximum absolute atomic E-state index is 5.44. The fourth-order valence-electron chi connectivity index (χ4n) is 1.86. The van der Waals surface area contributed by atoms with Gasteiger partial charge in [-0.1, -0.05) is 18.0 Å². The minimum absolute atomic E-state index is 0.609. The average molecular weight is 249 g/mol. The molecular formula is C13H19N3O2. The van der Waals surface area contributed by atoms with E-state index in [0.717, 1.165) is 43.6 Å². The Morgan fingerprint density at radius 2 is 2.06 bits per heavy atom. The Balaban J connectivity index is 1.85. The molecule has 0 aliphatic carbocycles. The fraction of sp³-hybridized carbons (Fsp3) is 0.538. The van der Waals surface area contributed by atoms with E-state index in [4.69, 9.17) is 14.7 Å². The van der Waals surface area contributed by atoms with Gasteiger partial charge in [0.2, 0.25) is 11.7 Å². The molecule has 2 rings (SSSR count). The van der Waals surface area contributed by atoms with Gasteiger partial charge in [-0.15, -0.1) is 0 Å². The predicted molar refractivity (Wildman–Crippen MR) is 68.0 cm³/mol. The van der Waals surface area contributed by atoms with E-state index in [9.17, 15) is 0 Å². The zero-order valence-electron chi connectivity index (χ0n) is 10.7. The highest BCUT2D eigenvalue weighted by Crippen LogP contribution is 2.21. The van der Waals surface area contributed by atoms with Crippen LogP contribution in [0, 0.1) is 6.92 Å². The van der Waals surface area contributed by atoms with Crippen molar-refractivity contribution in [3.8, 4) is 11.4 Å². The number of rotatable bonds is 7. The smallest absolute Gasteiger partial charge is 0.226 e. The van der Waals surface area contributed by atoms with Crippen LogP contribution in [0.15, 0.2) is 21.3 Å². The van der Waals surface area contributed by atoms with E-state index >= 15 is 0 Å². The molecule has 18 heavy (non-hydrogen) atoms. The summed E-state index contributed by atoms with van der Waals surface area (Å²) >= 11 is 0. The number of aryl methyl sites for hydroxylation is 2. The molecule has 5 heteroatoms. The lowest BCUT2D eigenvalue weighted by Crippen LogP contribution is -1.97. The van der Waals surface area contributed by atoms with Gasteiger partial charge in [-0.25, -0.2) is 0 Å². The largest absolute Gasteiger partial charge is 0.469 e. The second-order valence-corrected chi connectivity index (χ2v) is 4.36. The van der Waals surface area contributed by atoms with Crippen molar-refractivity contribution in [1.82, 2.24) is 10.1 Å². The highest BCUT2D eigenvalue weighted by Gasteiger charge is 2.12. The molecule has 0 aliphatic rings. The maximum atomic E-state index is 5.44. The van der Waals surface area contributed by atoms with Crippen LogP contribution in [-0.2, 0) is 6.42 Å². The summed E-state index contributed by atoms with van der Waals surface area (Å²) in [7, 11) is 0. The Bertz CT molecular complexity index is 476. The van der Waals surface area contributed by atoms with E-state index in [2.05, 4.69) is 10.1 Å². The van der Waals surface area contributed by atoms with E-state index in [0.29, 0.717) is 11.7 Å². The molecule has 2 N–H and O–H groups in total. The zero-order chi connectivity index (χ0) is 12.8. The molecule has 0 saturated heterocycles. The SMILES string of the molecule is Cc1occc1-c1noc(CCCCCCN)n1. The van der Waals surface area contributed by atoms with Crippen LogP contribution in [0.5, 0.6) is 0 Å². The lowest BCUT2D eigenvalue weighted by Gasteiger charge is -1.96. The Kier molecular flexibility index (Phi) is 4.52. The molecule has 5 nitrogen and oxygen atoms in total. The summed E-state index contributed by atoms with van der Waals surface area (Å²) in [6.45, 7) is 2.66. The fourth-order valence-corrected chi connectivity index (χ4v) is 1.86. The summed E-state index contributed by atoms with van der Waals surface area (Å²) in [5.74, 6) is 2.11. The van der Waals surface area contributed by atoms with Gasteiger partial charge in [-0.3, -0.25) is 0 Å². The number of nitrogens with two attached hydrogens (primary N) is 1. The van der Waals surface area contributed by atoms with Crippen LogP contribution in [0.2, 0.25) is 0 Å². The highest BCUT2D eigenvalue weighted by molar-refractivity contribution is 5.55. The molecule has 0 aliphatic heterocycles. The lowest BCUT2D eigenvalue weighted by atomic mass is 10.1. The van der Waals surface area contributed by atoms with Gasteiger partial charge >= 0.3 is 0 Å². The number of hydrogen-bond acceptors (Lipinski definition) is 5. The Labute approximate surface area is 106 Å². The third-order valence-electron chi connectivity index (χ3n) is 2.91. The predicted octanol–water partition coefficient (Wildman–Crippen LogP) is 2.70. The van der Waals surface area contributed by atoms with Gasteiger partial charge in [-0.05, 0) is 32.4 Å². The molecule has 0 spiro atoms. The Morgan fingerprint density at radius 1 is 1.22 bits per heavy atom. The van der Waals surface area contributed by atoms with Crippen molar-refractivity contribution in [2.45, 2.75) is 39.0 Å². The summed E-state index contributed by atoms with van der Waals surface area (Å²) < 4.78 is 10.4. The third-order valence-corrected chi connectivity index (χ3v) is 2.91. The van der Waals surface area contributed by atoms with E-state index in [-0.39, 0.29) is 0 Å². The van der Waals surface area contributed by atoms with Gasteiger partial charge in [-0.2, -0.15) is 4.98 Å². The monoisotopic (exact) mass is 249 g/mol. The summed E-state index contributed by atoms with van der Waals surface area (Å²) in [4.78, 5) is 4.37. The second kappa shape index (κ2) is 6.35. The third kappa shape index (κ3) is 3.20. The standard InChI is InChI=1S/C13H19N3O2/c1-10-11(7-9-17-10)13-15-12(18-16-13)6-4-2-3-5-8-14/h7,9H,2-6,8,14H2,1H3. The normalized spacial score (nSPS) is 11.0. The van der Waals surface area contributed by atoms with Crippen molar-refractivity contribution < 1.29 is 8.94 Å². The molecule has 0 fully saturated rings. The number of furan rings is 1. The first kappa shape index (κ1) is 12.8. The maximum Gasteiger partial charge on any atom is 0.226 e. The number of unbranched alkanes of at least 4 members (excludes halogenated alkanes) is 3. The molecule has 98 valence electrons. The summed E-state index contributed by atoms with van der Waals surface area (Å²) in [5, 5.41) is 3.97. The molecule has 0 saturated carbocycles. The van der Waals surface area contributed by atoms with Gasteiger partial charge in [0.1, 0.15) is 5.76 Å². The van der Waals surface area contributed by atoms with Crippen LogP contribution in [0.4, 0.5) is 0 Å². The van der Waals surface area contributed by atoms with Crippen molar-refractivity contribution in [3.63, 3.8) is 0 Å². The average Bonchev–Trinajstić information content (AvgIpc) is 2.97. The first-order chi connectivity index (χ1) is 8.81. The highest BCUT2D eigenvalue weighted by atomic mass is 16.5. The molecule has 0 radical (unpaired) electrons. The van der Waals surface area contributed by atoms with Crippen LogP contribution < -0.4 is 5.73 Å². The van der Waals surface area contributed by atoms with Crippen LogP contribution in [0.25, 0.3) is 11.4 Å². The minimum Gasteiger partial charge on any atom is -0.469 e. The number of hydrogen-bond donors (Lipinski definition) is 1. The lowest BCUT2D eigenvalue weighted by molar-refractivity contribution is 0.374. The van der Waals surface area contributed by atoms with Crippen molar-refractivity contribution >= 4 is 0 Å². The number of nitrogens with zero attached hydrogens (tertiary/aromatic N) is 2. The van der Waals surface area contributed by atoms with Crippen LogP contribution in [-0.4, -0.2) is 16.7 Å². The van der Waals surface area contributed by atoms with E-state index < -0.39 is 0 Å². The molecule has 2 aromatic heterocycles. The number of aromatic nitrogens is 2. The van der Waals surface area contributed by atoms with Gasteiger partial charge < -0.3 is 14.7 Å². The van der Waals surface area contributed by atoms with E-state index in [1.165, 1.54) is 6.42 Å². The molecule has 0 unspecified atom stereocenters. The van der Waals surface area contributed by atoms with E-state index in [1.54, 1.807) is 6.26 Å². The summed E-state index contributed by atoms with van der Waals surface area (Å²) in [6, 6.07) is 1.85. The molecule has 0 bridgehead atoms. The van der Waals surface area contributed by atoms with Gasteiger partial charge in [0, 0.05) is 6.42 Å². The molecule has 0 amide bonds. The molecule has 2 aromatic rings. The van der Waals surface area contributed by atoms with Crippen molar-refractivity contribution in [2.75, 3.05) is 6.54 Å². The first-order valence-corrected chi connectivity index (χ1v) is 6.38. The van der Waals surface area contributed by atoms with E-state index in [1.807, 2.05) is 13.0 Å². The van der Waals surface area contributed by atoms with Gasteiger partial charge in [0.25, 0.3) is 0 Å². The van der Waals surface area contributed by atoms with Crippen molar-refractivity contribution in [3.05, 3.63) is 24.0 Å². The Hall–Kier alpha value is -1.62. The molecule has 0 atom stereocenters. The van der Waals surface area contributed by atoms with Gasteiger partial charge in [0.15, 0.2) is 0 Å². The van der Waals surface area contributed by atoms with Crippen LogP contribution >= 0.6 is 0 Å². The Morgan fingerprint density at radius 3 is 2.78 bits per heavy atom. The topological polar surface area (TPSA) is 78.1 Å². The second-order valence-electron chi connectivity index (χ2n) is 4.36. The quantitative estimate of drug-likeness (QED) is 0.763. The molecule has 0 aromatic carbocycles. The van der Waals surface area contributed by atoms with Gasteiger partial charge in [0.05, 0.1) is 11.8 Å². The zero-order valence-corrected chi connectivity index (χ0v) is 10.7.